The normalized spacial score (nSPS) is 17.6. The molecule has 4 nitrogen and oxygen atoms in total. The molecular formula is C15H21BrN2O2. The molecule has 1 amide bonds. The van der Waals surface area contributed by atoms with Crippen molar-refractivity contribution in [2.24, 2.45) is 5.41 Å². The minimum Gasteiger partial charge on any atom is -0.497 e. The van der Waals surface area contributed by atoms with Gasteiger partial charge in [0.05, 0.1) is 12.5 Å². The molecule has 0 radical (unpaired) electrons. The number of benzene rings is 1. The van der Waals surface area contributed by atoms with Crippen molar-refractivity contribution < 1.29 is 9.53 Å². The van der Waals surface area contributed by atoms with E-state index in [1.54, 1.807) is 7.11 Å². The monoisotopic (exact) mass is 340 g/mol. The highest BCUT2D eigenvalue weighted by molar-refractivity contribution is 9.10. The highest BCUT2D eigenvalue weighted by Gasteiger charge is 2.37. The Morgan fingerprint density at radius 3 is 2.70 bits per heavy atom. The zero-order valence-electron chi connectivity index (χ0n) is 12.0. The van der Waals surface area contributed by atoms with Gasteiger partial charge in [-0.3, -0.25) is 4.79 Å². The van der Waals surface area contributed by atoms with E-state index in [0.717, 1.165) is 48.3 Å². The first-order valence-electron chi connectivity index (χ1n) is 6.96. The topological polar surface area (TPSA) is 50.4 Å². The van der Waals surface area contributed by atoms with Gasteiger partial charge in [0.25, 0.3) is 0 Å². The lowest BCUT2D eigenvalue weighted by molar-refractivity contribution is -0.127. The summed E-state index contributed by atoms with van der Waals surface area (Å²) >= 11 is 3.43. The molecule has 0 unspecified atom stereocenters. The number of carbonyl (C=O) groups is 1. The number of piperidine rings is 1. The Morgan fingerprint density at radius 2 is 2.10 bits per heavy atom. The molecule has 0 atom stereocenters. The van der Waals surface area contributed by atoms with Gasteiger partial charge in [-0.2, -0.15) is 0 Å². The largest absolute Gasteiger partial charge is 0.497 e. The van der Waals surface area contributed by atoms with E-state index in [2.05, 4.69) is 33.5 Å². The second-order valence-corrected chi connectivity index (χ2v) is 6.13. The second-order valence-electron chi connectivity index (χ2n) is 5.22. The smallest absolute Gasteiger partial charge is 0.230 e. The molecule has 0 aliphatic carbocycles. The number of hydrogen-bond acceptors (Lipinski definition) is 3. The molecule has 1 aromatic rings. The Kier molecular flexibility index (Phi) is 5.05. The molecule has 0 spiro atoms. The second kappa shape index (κ2) is 6.59. The van der Waals surface area contributed by atoms with Crippen LogP contribution in [0.5, 0.6) is 5.75 Å². The lowest BCUT2D eigenvalue weighted by atomic mass is 9.76. The number of nitrogens with one attached hydrogen (secondary N) is 2. The zero-order chi connectivity index (χ0) is 14.6. The van der Waals surface area contributed by atoms with Crippen LogP contribution in [0.3, 0.4) is 0 Å². The molecule has 0 saturated carbocycles. The van der Waals surface area contributed by atoms with Crippen molar-refractivity contribution in [3.8, 4) is 5.75 Å². The third-order valence-electron chi connectivity index (χ3n) is 4.08. The summed E-state index contributed by atoms with van der Waals surface area (Å²) in [5.41, 5.74) is 0.522. The van der Waals surface area contributed by atoms with Gasteiger partial charge in [0, 0.05) is 16.2 Å². The number of ether oxygens (including phenoxy) is 1. The van der Waals surface area contributed by atoms with E-state index in [1.165, 1.54) is 0 Å². The van der Waals surface area contributed by atoms with Gasteiger partial charge in [-0.1, -0.05) is 22.9 Å². The van der Waals surface area contributed by atoms with E-state index in [0.29, 0.717) is 0 Å². The van der Waals surface area contributed by atoms with Crippen molar-refractivity contribution in [2.45, 2.75) is 26.2 Å². The number of anilines is 1. The predicted octanol–water partition coefficient (Wildman–Crippen LogP) is 3.18. The molecular weight excluding hydrogens is 320 g/mol. The van der Waals surface area contributed by atoms with Gasteiger partial charge in [0.2, 0.25) is 5.91 Å². The fourth-order valence-corrected chi connectivity index (χ4v) is 3.14. The maximum atomic E-state index is 12.6. The highest BCUT2D eigenvalue weighted by atomic mass is 79.9. The summed E-state index contributed by atoms with van der Waals surface area (Å²) in [4.78, 5) is 12.6. The third-order valence-corrected chi connectivity index (χ3v) is 4.54. The van der Waals surface area contributed by atoms with Crippen LogP contribution in [0.4, 0.5) is 5.69 Å². The van der Waals surface area contributed by atoms with Crippen LogP contribution in [0.1, 0.15) is 26.2 Å². The van der Waals surface area contributed by atoms with Crippen molar-refractivity contribution in [3.05, 3.63) is 22.7 Å². The van der Waals surface area contributed by atoms with Gasteiger partial charge in [-0.15, -0.1) is 0 Å². The van der Waals surface area contributed by atoms with Gasteiger partial charge in [0.15, 0.2) is 0 Å². The van der Waals surface area contributed by atoms with Crippen LogP contribution in [-0.4, -0.2) is 26.1 Å². The minimum absolute atomic E-state index is 0.113. The maximum absolute atomic E-state index is 12.6. The van der Waals surface area contributed by atoms with E-state index in [4.69, 9.17) is 4.74 Å². The molecule has 110 valence electrons. The summed E-state index contributed by atoms with van der Waals surface area (Å²) < 4.78 is 6.11. The average Bonchev–Trinajstić information content (AvgIpc) is 2.47. The van der Waals surface area contributed by atoms with Crippen molar-refractivity contribution in [1.82, 2.24) is 5.32 Å². The van der Waals surface area contributed by atoms with Gasteiger partial charge < -0.3 is 15.4 Å². The Bertz CT molecular complexity index is 485. The van der Waals surface area contributed by atoms with Crippen molar-refractivity contribution in [2.75, 3.05) is 25.5 Å². The summed E-state index contributed by atoms with van der Waals surface area (Å²) in [5, 5.41) is 6.35. The van der Waals surface area contributed by atoms with Gasteiger partial charge in [-0.05, 0) is 44.5 Å². The Morgan fingerprint density at radius 1 is 1.40 bits per heavy atom. The van der Waals surface area contributed by atoms with Crippen LogP contribution >= 0.6 is 15.9 Å². The number of amides is 1. The lowest BCUT2D eigenvalue weighted by Crippen LogP contribution is -2.44. The first kappa shape index (κ1) is 15.3. The molecule has 20 heavy (non-hydrogen) atoms. The lowest BCUT2D eigenvalue weighted by Gasteiger charge is -2.35. The van der Waals surface area contributed by atoms with Crippen LogP contribution in [0, 0.1) is 5.41 Å². The molecule has 1 aliphatic heterocycles. The molecule has 0 aromatic heterocycles. The van der Waals surface area contributed by atoms with Crippen LogP contribution in [0.25, 0.3) is 0 Å². The summed E-state index contributed by atoms with van der Waals surface area (Å²) in [6, 6.07) is 5.60. The number of carbonyl (C=O) groups excluding carboxylic acids is 1. The Balaban J connectivity index is 2.15. The van der Waals surface area contributed by atoms with E-state index >= 15 is 0 Å². The van der Waals surface area contributed by atoms with Crippen molar-refractivity contribution in [3.63, 3.8) is 0 Å². The molecule has 1 aliphatic rings. The summed E-state index contributed by atoms with van der Waals surface area (Å²) in [5.74, 6) is 0.840. The van der Waals surface area contributed by atoms with Gasteiger partial charge in [-0.25, -0.2) is 0 Å². The highest BCUT2D eigenvalue weighted by Crippen LogP contribution is 2.34. The molecule has 1 saturated heterocycles. The maximum Gasteiger partial charge on any atom is 0.230 e. The quantitative estimate of drug-likeness (QED) is 0.884. The average molecular weight is 341 g/mol. The SMILES string of the molecule is CCC1(C(=O)Nc2cc(Br)cc(OC)c2)CCNCC1. The van der Waals surface area contributed by atoms with Crippen LogP contribution in [0.15, 0.2) is 22.7 Å². The Labute approximate surface area is 128 Å². The Hall–Kier alpha value is -1.07. The third kappa shape index (κ3) is 3.33. The molecule has 1 aromatic carbocycles. The summed E-state index contributed by atoms with van der Waals surface area (Å²) in [7, 11) is 1.62. The molecule has 1 heterocycles. The minimum atomic E-state index is -0.249. The molecule has 2 rings (SSSR count). The van der Waals surface area contributed by atoms with Gasteiger partial charge >= 0.3 is 0 Å². The first-order valence-corrected chi connectivity index (χ1v) is 7.76. The predicted molar refractivity (Wildman–Crippen MR) is 84.2 cm³/mol. The zero-order valence-corrected chi connectivity index (χ0v) is 13.5. The summed E-state index contributed by atoms with van der Waals surface area (Å²) in [6.07, 6.45) is 2.65. The molecule has 5 heteroatoms. The molecule has 1 fully saturated rings. The van der Waals surface area contributed by atoms with E-state index < -0.39 is 0 Å². The number of hydrogen-bond donors (Lipinski definition) is 2. The standard InChI is InChI=1S/C15H21BrN2O2/c1-3-15(4-6-17-7-5-15)14(19)18-12-8-11(16)9-13(10-12)20-2/h8-10,17H,3-7H2,1-2H3,(H,18,19). The van der Waals surface area contributed by atoms with Crippen LogP contribution in [0.2, 0.25) is 0 Å². The van der Waals surface area contributed by atoms with Crippen LogP contribution in [-0.2, 0) is 4.79 Å². The number of methoxy groups -OCH3 is 1. The van der Waals surface area contributed by atoms with Gasteiger partial charge in [0.1, 0.15) is 5.75 Å². The number of rotatable bonds is 4. The number of halogens is 1. The fraction of sp³-hybridized carbons (Fsp3) is 0.533. The van der Waals surface area contributed by atoms with E-state index in [9.17, 15) is 4.79 Å². The van der Waals surface area contributed by atoms with Crippen molar-refractivity contribution >= 4 is 27.5 Å². The fourth-order valence-electron chi connectivity index (χ4n) is 2.66. The van der Waals surface area contributed by atoms with Crippen molar-refractivity contribution in [1.29, 1.82) is 0 Å². The first-order chi connectivity index (χ1) is 9.59. The molecule has 0 bridgehead atoms. The van der Waals surface area contributed by atoms with E-state index in [-0.39, 0.29) is 11.3 Å². The summed E-state index contributed by atoms with van der Waals surface area (Å²) in [6.45, 7) is 3.90. The van der Waals surface area contributed by atoms with E-state index in [1.807, 2.05) is 18.2 Å². The molecule has 2 N–H and O–H groups in total. The van der Waals surface area contributed by atoms with Crippen LogP contribution < -0.4 is 15.4 Å².